The van der Waals surface area contributed by atoms with Gasteiger partial charge < -0.3 is 35.0 Å². The first-order valence-corrected chi connectivity index (χ1v) is 6.48. The summed E-state index contributed by atoms with van der Waals surface area (Å²) in [6.45, 7) is 7.46. The van der Waals surface area contributed by atoms with E-state index in [-0.39, 0.29) is 24.8 Å². The third kappa shape index (κ3) is 3.41. The summed E-state index contributed by atoms with van der Waals surface area (Å²) in [5, 5.41) is 6.91. The van der Waals surface area contributed by atoms with E-state index in [9.17, 15) is 0 Å². The molecule has 1 aromatic rings. The highest BCUT2D eigenvalue weighted by Gasteiger charge is 2.26. The van der Waals surface area contributed by atoms with Crippen molar-refractivity contribution >= 4 is 11.6 Å². The fourth-order valence-electron chi connectivity index (χ4n) is 2.49. The lowest BCUT2D eigenvalue weighted by molar-refractivity contribution is -0.676. The van der Waals surface area contributed by atoms with Gasteiger partial charge >= 0.3 is 0 Å². The summed E-state index contributed by atoms with van der Waals surface area (Å²) >= 11 is 0. The van der Waals surface area contributed by atoms with Crippen molar-refractivity contribution in [2.75, 3.05) is 36.4 Å². The topological polar surface area (TPSA) is 44.1 Å². The number of hydrogen-bond donors (Lipinski definition) is 2. The number of piperazine rings is 1. The maximum atomic E-state index is 4.56. The number of fused-ring (bicyclic) bond motifs is 1. The Labute approximate surface area is 126 Å². The molecule has 1 unspecified atom stereocenters. The molecule has 0 aliphatic carbocycles. The van der Waals surface area contributed by atoms with Gasteiger partial charge in [-0.15, -0.1) is 0 Å². The molecule has 1 fully saturated rings. The zero-order valence-electron chi connectivity index (χ0n) is 11.1. The lowest BCUT2D eigenvalue weighted by atomic mass is 10.2. The Morgan fingerprint density at radius 3 is 2.79 bits per heavy atom. The third-order valence-corrected chi connectivity index (χ3v) is 3.61. The second-order valence-corrected chi connectivity index (χ2v) is 4.77. The van der Waals surface area contributed by atoms with E-state index in [1.54, 1.807) is 0 Å². The minimum Gasteiger partial charge on any atom is -1.00 e. The molecule has 3 rings (SSSR count). The van der Waals surface area contributed by atoms with E-state index in [0.717, 1.165) is 45.0 Å². The van der Waals surface area contributed by atoms with Crippen molar-refractivity contribution in [2.24, 2.45) is 0 Å². The summed E-state index contributed by atoms with van der Waals surface area (Å²) in [6, 6.07) is 2.75. The van der Waals surface area contributed by atoms with Gasteiger partial charge in [0.15, 0.2) is 0 Å². The van der Waals surface area contributed by atoms with Crippen LogP contribution >= 0.6 is 0 Å². The van der Waals surface area contributed by atoms with Crippen LogP contribution < -0.4 is 44.9 Å². The summed E-state index contributed by atoms with van der Waals surface area (Å²) in [5.74, 6) is 2.31. The fraction of sp³-hybridized carbons (Fsp3) is 0.667. The molecule has 0 amide bonds. The predicted octanol–water partition coefficient (Wildman–Crippen LogP) is -6.01. The van der Waals surface area contributed by atoms with Gasteiger partial charge in [-0.2, -0.15) is 0 Å². The second-order valence-electron chi connectivity index (χ2n) is 4.77. The van der Waals surface area contributed by atoms with E-state index < -0.39 is 0 Å². The standard InChI is InChI=1S/C12H19N5.2ClH/c1-2-10-8-17-9-14-11(7-12(17)15-10)16-5-3-13-4-6-16;;/h7,9-10,13H,2-6,8H2,1H3;2*1H/p-1. The summed E-state index contributed by atoms with van der Waals surface area (Å²) in [7, 11) is 0. The van der Waals surface area contributed by atoms with Crippen LogP contribution in [0.1, 0.15) is 13.3 Å². The first kappa shape index (κ1) is 16.3. The number of hydrogen-bond acceptors (Lipinski definition) is 4. The summed E-state index contributed by atoms with van der Waals surface area (Å²) in [6.07, 6.45) is 3.13. The molecular weight excluding hydrogens is 285 g/mol. The Balaban J connectivity index is 0.000000902. The summed E-state index contributed by atoms with van der Waals surface area (Å²) in [5.41, 5.74) is 0. The Morgan fingerprint density at radius 2 is 2.11 bits per heavy atom. The molecule has 108 valence electrons. The van der Waals surface area contributed by atoms with Gasteiger partial charge in [-0.25, -0.2) is 4.57 Å². The van der Waals surface area contributed by atoms with E-state index in [1.807, 2.05) is 6.33 Å². The molecule has 19 heavy (non-hydrogen) atoms. The minimum absolute atomic E-state index is 0. The van der Waals surface area contributed by atoms with Crippen LogP contribution in [0.2, 0.25) is 0 Å². The van der Waals surface area contributed by atoms with Gasteiger partial charge in [0.1, 0.15) is 12.6 Å². The molecule has 2 aliphatic heterocycles. The van der Waals surface area contributed by atoms with Crippen molar-refractivity contribution in [1.82, 2.24) is 10.3 Å². The van der Waals surface area contributed by atoms with Gasteiger partial charge in [0, 0.05) is 26.2 Å². The maximum Gasteiger partial charge on any atom is 0.228 e. The first-order valence-electron chi connectivity index (χ1n) is 6.48. The van der Waals surface area contributed by atoms with Gasteiger partial charge in [0.05, 0.1) is 6.07 Å². The van der Waals surface area contributed by atoms with Crippen LogP contribution in [-0.2, 0) is 6.54 Å². The van der Waals surface area contributed by atoms with Crippen molar-refractivity contribution in [1.29, 1.82) is 0 Å². The van der Waals surface area contributed by atoms with E-state index in [4.69, 9.17) is 0 Å². The van der Waals surface area contributed by atoms with E-state index in [0.29, 0.717) is 6.04 Å². The highest BCUT2D eigenvalue weighted by Crippen LogP contribution is 2.18. The van der Waals surface area contributed by atoms with Crippen LogP contribution in [0.5, 0.6) is 0 Å². The van der Waals surface area contributed by atoms with Crippen LogP contribution in [0, 0.1) is 0 Å². The van der Waals surface area contributed by atoms with Gasteiger partial charge in [0.25, 0.3) is 0 Å². The average molecular weight is 305 g/mol. The SMILES string of the molecule is CCC1C[n+]2cnc(N3CCNCC3)cc2N1.[Cl-].[Cl-]. The monoisotopic (exact) mass is 304 g/mol. The largest absolute Gasteiger partial charge is 1.00 e. The molecule has 0 saturated carbocycles. The predicted molar refractivity (Wildman–Crippen MR) is 67.2 cm³/mol. The molecule has 0 spiro atoms. The summed E-state index contributed by atoms with van der Waals surface area (Å²) < 4.78 is 2.21. The summed E-state index contributed by atoms with van der Waals surface area (Å²) in [4.78, 5) is 6.91. The molecule has 0 aromatic carbocycles. The Bertz CT molecular complexity index is 409. The molecule has 1 saturated heterocycles. The van der Waals surface area contributed by atoms with Crippen molar-refractivity contribution in [3.63, 3.8) is 0 Å². The van der Waals surface area contributed by atoms with Gasteiger partial charge in [-0.1, -0.05) is 11.9 Å². The highest BCUT2D eigenvalue weighted by molar-refractivity contribution is 5.47. The Kier molecular flexibility index (Phi) is 6.10. The quantitative estimate of drug-likeness (QED) is 0.534. The number of rotatable bonds is 2. The van der Waals surface area contributed by atoms with E-state index in [1.165, 1.54) is 5.82 Å². The molecule has 5 nitrogen and oxygen atoms in total. The van der Waals surface area contributed by atoms with Gasteiger partial charge in [0.2, 0.25) is 18.0 Å². The molecule has 3 heterocycles. The third-order valence-electron chi connectivity index (χ3n) is 3.61. The van der Waals surface area contributed by atoms with Gasteiger partial charge in [-0.05, 0) is 6.42 Å². The molecule has 0 bridgehead atoms. The fourth-order valence-corrected chi connectivity index (χ4v) is 2.49. The minimum atomic E-state index is 0. The zero-order chi connectivity index (χ0) is 11.7. The number of nitrogens with zero attached hydrogens (tertiary/aromatic N) is 3. The van der Waals surface area contributed by atoms with Crippen LogP contribution in [0.3, 0.4) is 0 Å². The van der Waals surface area contributed by atoms with Crippen molar-refractivity contribution in [3.05, 3.63) is 12.4 Å². The van der Waals surface area contributed by atoms with Crippen LogP contribution in [-0.4, -0.2) is 37.2 Å². The van der Waals surface area contributed by atoms with Crippen LogP contribution in [0.25, 0.3) is 0 Å². The molecule has 2 aliphatic rings. The maximum absolute atomic E-state index is 4.56. The van der Waals surface area contributed by atoms with E-state index >= 15 is 0 Å². The van der Waals surface area contributed by atoms with Gasteiger partial charge in [-0.3, -0.25) is 5.32 Å². The first-order chi connectivity index (χ1) is 8.36. The van der Waals surface area contributed by atoms with Crippen molar-refractivity contribution in [2.45, 2.75) is 25.9 Å². The number of halogens is 2. The van der Waals surface area contributed by atoms with Crippen LogP contribution in [0.4, 0.5) is 11.6 Å². The van der Waals surface area contributed by atoms with Crippen molar-refractivity contribution in [3.8, 4) is 0 Å². The van der Waals surface area contributed by atoms with Crippen molar-refractivity contribution < 1.29 is 29.4 Å². The Morgan fingerprint density at radius 1 is 1.37 bits per heavy atom. The normalized spacial score (nSPS) is 20.9. The number of anilines is 2. The molecule has 2 N–H and O–H groups in total. The van der Waals surface area contributed by atoms with E-state index in [2.05, 4.69) is 38.1 Å². The smallest absolute Gasteiger partial charge is 0.228 e. The lowest BCUT2D eigenvalue weighted by Gasteiger charge is -2.26. The molecule has 1 atom stereocenters. The molecular formula is C12H20Cl2N5-. The second kappa shape index (κ2) is 7.12. The number of aromatic nitrogens is 2. The zero-order valence-corrected chi connectivity index (χ0v) is 12.6. The molecule has 1 aromatic heterocycles. The Hall–Kier alpha value is -0.780. The lowest BCUT2D eigenvalue weighted by Crippen LogP contribution is -3.00. The molecule has 0 radical (unpaired) electrons. The highest BCUT2D eigenvalue weighted by atomic mass is 35.5. The molecule has 7 heteroatoms. The van der Waals surface area contributed by atoms with Crippen LogP contribution in [0.15, 0.2) is 12.4 Å². The number of nitrogens with one attached hydrogen (secondary N) is 2. The average Bonchev–Trinajstić information content (AvgIpc) is 2.81.